The minimum Gasteiger partial charge on any atom is -0.486 e. The number of halogens is 2. The van der Waals surface area contributed by atoms with Crippen LogP contribution < -0.4 is 14.8 Å². The third-order valence-corrected chi connectivity index (χ3v) is 3.83. The maximum Gasteiger partial charge on any atom is 0.283 e. The maximum absolute atomic E-state index is 12.4. The number of amides is 1. The summed E-state index contributed by atoms with van der Waals surface area (Å²) in [5.74, 6) is 0.227. The number of hydrogen-bond acceptors (Lipinski definition) is 5. The summed E-state index contributed by atoms with van der Waals surface area (Å²) in [4.78, 5) is 22.8. The van der Waals surface area contributed by atoms with Crippen LogP contribution in [0.15, 0.2) is 30.3 Å². The standard InChI is InChI=1S/C15H10Cl2N2O5/c16-8-1-2-9(12(5-8)19(21)22)15(20)18-11-7-14-13(6-10(11)17)23-3-4-24-14/h1-2,5-7H,3-4H2,(H,18,20). The second kappa shape index (κ2) is 6.54. The lowest BCUT2D eigenvalue weighted by Gasteiger charge is -2.20. The van der Waals surface area contributed by atoms with Gasteiger partial charge >= 0.3 is 0 Å². The maximum atomic E-state index is 12.4. The number of rotatable bonds is 3. The minimum absolute atomic E-state index is 0.129. The first-order valence-corrected chi connectivity index (χ1v) is 7.56. The zero-order valence-electron chi connectivity index (χ0n) is 12.0. The SMILES string of the molecule is O=C(Nc1cc2c(cc1Cl)OCCO2)c1ccc(Cl)cc1[N+](=O)[O-]. The lowest BCUT2D eigenvalue weighted by Crippen LogP contribution is -2.17. The topological polar surface area (TPSA) is 90.7 Å². The Kier molecular flexibility index (Phi) is 4.46. The Hall–Kier alpha value is -2.51. The van der Waals surface area contributed by atoms with Gasteiger partial charge in [0.1, 0.15) is 18.8 Å². The smallest absolute Gasteiger partial charge is 0.283 e. The summed E-state index contributed by atoms with van der Waals surface area (Å²) in [7, 11) is 0. The average Bonchev–Trinajstić information content (AvgIpc) is 2.55. The van der Waals surface area contributed by atoms with Gasteiger partial charge < -0.3 is 14.8 Å². The Bertz CT molecular complexity index is 841. The highest BCUT2D eigenvalue weighted by molar-refractivity contribution is 6.34. The van der Waals surface area contributed by atoms with Crippen LogP contribution in [0.3, 0.4) is 0 Å². The molecule has 1 N–H and O–H groups in total. The summed E-state index contributed by atoms with van der Waals surface area (Å²) in [6.45, 7) is 0.788. The molecule has 0 radical (unpaired) electrons. The Morgan fingerprint density at radius 1 is 1.12 bits per heavy atom. The summed E-state index contributed by atoms with van der Waals surface area (Å²) >= 11 is 11.9. The molecule has 0 saturated heterocycles. The summed E-state index contributed by atoms with van der Waals surface area (Å²) in [5, 5.41) is 14.0. The number of anilines is 1. The molecule has 0 spiro atoms. The van der Waals surface area contributed by atoms with E-state index >= 15 is 0 Å². The molecule has 7 nitrogen and oxygen atoms in total. The van der Waals surface area contributed by atoms with Gasteiger partial charge in [0.15, 0.2) is 11.5 Å². The Balaban J connectivity index is 1.92. The number of hydrogen-bond donors (Lipinski definition) is 1. The van der Waals surface area contributed by atoms with Crippen molar-refractivity contribution in [3.05, 3.63) is 56.1 Å². The normalized spacial score (nSPS) is 12.6. The van der Waals surface area contributed by atoms with E-state index < -0.39 is 16.5 Å². The highest BCUT2D eigenvalue weighted by Gasteiger charge is 2.22. The Labute approximate surface area is 146 Å². The number of nitrogens with one attached hydrogen (secondary N) is 1. The van der Waals surface area contributed by atoms with Crippen molar-refractivity contribution < 1.29 is 19.2 Å². The monoisotopic (exact) mass is 368 g/mol. The predicted octanol–water partition coefficient (Wildman–Crippen LogP) is 3.93. The molecule has 1 aliphatic heterocycles. The van der Waals surface area contributed by atoms with E-state index in [1.165, 1.54) is 24.3 Å². The van der Waals surface area contributed by atoms with E-state index in [9.17, 15) is 14.9 Å². The van der Waals surface area contributed by atoms with Crippen molar-refractivity contribution in [2.45, 2.75) is 0 Å². The van der Waals surface area contributed by atoms with E-state index in [1.54, 1.807) is 0 Å². The number of nitro benzene ring substituents is 1. The van der Waals surface area contributed by atoms with Crippen molar-refractivity contribution >= 4 is 40.5 Å². The van der Waals surface area contributed by atoms with Crippen molar-refractivity contribution in [1.29, 1.82) is 0 Å². The Morgan fingerprint density at radius 2 is 1.79 bits per heavy atom. The van der Waals surface area contributed by atoms with Gasteiger partial charge in [-0.25, -0.2) is 0 Å². The number of ether oxygens (including phenoxy) is 2. The van der Waals surface area contributed by atoms with Crippen LogP contribution in [0.2, 0.25) is 10.0 Å². The first-order valence-electron chi connectivity index (χ1n) is 6.80. The van der Waals surface area contributed by atoms with E-state index in [1.807, 2.05) is 0 Å². The quantitative estimate of drug-likeness (QED) is 0.654. The molecule has 1 amide bonds. The zero-order chi connectivity index (χ0) is 17.3. The van der Waals surface area contributed by atoms with Gasteiger partial charge in [-0.15, -0.1) is 0 Å². The van der Waals surface area contributed by atoms with Gasteiger partial charge in [-0.3, -0.25) is 14.9 Å². The van der Waals surface area contributed by atoms with Crippen LogP contribution in [0.1, 0.15) is 10.4 Å². The molecule has 0 unspecified atom stereocenters. The van der Waals surface area contributed by atoms with E-state index in [-0.39, 0.29) is 21.3 Å². The molecule has 0 aliphatic carbocycles. The van der Waals surface area contributed by atoms with Crippen molar-refractivity contribution in [3.8, 4) is 11.5 Å². The summed E-state index contributed by atoms with van der Waals surface area (Å²) in [5.41, 5.74) is -0.265. The molecule has 0 atom stereocenters. The van der Waals surface area contributed by atoms with Gasteiger partial charge in [0.25, 0.3) is 11.6 Å². The molecule has 9 heteroatoms. The number of nitro groups is 1. The van der Waals surface area contributed by atoms with E-state index in [4.69, 9.17) is 32.7 Å². The Morgan fingerprint density at radius 3 is 2.46 bits per heavy atom. The molecule has 2 aromatic carbocycles. The number of fused-ring (bicyclic) bond motifs is 1. The predicted molar refractivity (Wildman–Crippen MR) is 88.5 cm³/mol. The minimum atomic E-state index is -0.683. The molecule has 1 heterocycles. The van der Waals surface area contributed by atoms with Crippen LogP contribution in [-0.4, -0.2) is 24.0 Å². The molecular weight excluding hydrogens is 359 g/mol. The number of benzene rings is 2. The molecule has 0 aromatic heterocycles. The average molecular weight is 369 g/mol. The van der Waals surface area contributed by atoms with Gasteiger partial charge in [0.2, 0.25) is 0 Å². The second-order valence-electron chi connectivity index (χ2n) is 4.85. The highest BCUT2D eigenvalue weighted by Crippen LogP contribution is 2.38. The third kappa shape index (κ3) is 3.22. The van der Waals surface area contributed by atoms with Crippen LogP contribution in [0.5, 0.6) is 11.5 Å². The van der Waals surface area contributed by atoms with Gasteiger partial charge in [-0.05, 0) is 12.1 Å². The van der Waals surface area contributed by atoms with Gasteiger partial charge in [-0.2, -0.15) is 0 Å². The van der Waals surface area contributed by atoms with Crippen LogP contribution in [0.4, 0.5) is 11.4 Å². The molecule has 24 heavy (non-hydrogen) atoms. The fourth-order valence-corrected chi connectivity index (χ4v) is 2.56. The molecule has 0 bridgehead atoms. The first-order chi connectivity index (χ1) is 11.5. The summed E-state index contributed by atoms with van der Waals surface area (Å²) in [6.07, 6.45) is 0. The molecule has 0 fully saturated rings. The zero-order valence-corrected chi connectivity index (χ0v) is 13.6. The molecule has 0 saturated carbocycles. The van der Waals surface area contributed by atoms with Crippen molar-refractivity contribution in [2.75, 3.05) is 18.5 Å². The van der Waals surface area contributed by atoms with Gasteiger partial charge in [0.05, 0.1) is 15.6 Å². The lowest BCUT2D eigenvalue weighted by atomic mass is 10.1. The number of carbonyl (C=O) groups is 1. The third-order valence-electron chi connectivity index (χ3n) is 3.28. The van der Waals surface area contributed by atoms with Crippen molar-refractivity contribution in [2.24, 2.45) is 0 Å². The lowest BCUT2D eigenvalue weighted by molar-refractivity contribution is -0.385. The molecular formula is C15H10Cl2N2O5. The molecule has 1 aliphatic rings. The molecule has 3 rings (SSSR count). The summed E-state index contributed by atoms with van der Waals surface area (Å²) < 4.78 is 10.8. The largest absolute Gasteiger partial charge is 0.486 e. The van der Waals surface area contributed by atoms with Crippen LogP contribution >= 0.6 is 23.2 Å². The first kappa shape index (κ1) is 16.4. The molecule has 2 aromatic rings. The fourth-order valence-electron chi connectivity index (χ4n) is 2.20. The van der Waals surface area contributed by atoms with Crippen molar-refractivity contribution in [1.82, 2.24) is 0 Å². The van der Waals surface area contributed by atoms with Gasteiger partial charge in [0, 0.05) is 23.2 Å². The fraction of sp³-hybridized carbons (Fsp3) is 0.133. The molecule has 124 valence electrons. The van der Waals surface area contributed by atoms with Crippen LogP contribution in [0.25, 0.3) is 0 Å². The summed E-state index contributed by atoms with van der Waals surface area (Å²) in [6, 6.07) is 6.82. The van der Waals surface area contributed by atoms with Crippen LogP contribution in [0, 0.1) is 10.1 Å². The van der Waals surface area contributed by atoms with E-state index in [2.05, 4.69) is 5.32 Å². The number of nitrogens with zero attached hydrogens (tertiary/aromatic N) is 1. The van der Waals surface area contributed by atoms with E-state index in [0.29, 0.717) is 24.7 Å². The highest BCUT2D eigenvalue weighted by atomic mass is 35.5. The van der Waals surface area contributed by atoms with Crippen molar-refractivity contribution in [3.63, 3.8) is 0 Å². The number of carbonyl (C=O) groups excluding carboxylic acids is 1. The van der Waals surface area contributed by atoms with E-state index in [0.717, 1.165) is 6.07 Å². The van der Waals surface area contributed by atoms with Gasteiger partial charge in [-0.1, -0.05) is 23.2 Å². The second-order valence-corrected chi connectivity index (χ2v) is 5.69. The van der Waals surface area contributed by atoms with Crippen LogP contribution in [-0.2, 0) is 0 Å².